The van der Waals surface area contributed by atoms with Crippen LogP contribution in [-0.4, -0.2) is 20.8 Å². The van der Waals surface area contributed by atoms with Gasteiger partial charge in [0.1, 0.15) is 0 Å². The zero-order chi connectivity index (χ0) is 10.8. The highest BCUT2D eigenvalue weighted by Crippen LogP contribution is 2.04. The van der Waals surface area contributed by atoms with Crippen LogP contribution in [0.5, 0.6) is 0 Å². The summed E-state index contributed by atoms with van der Waals surface area (Å²) in [4.78, 5) is 29.1. The van der Waals surface area contributed by atoms with Crippen molar-refractivity contribution in [3.8, 4) is 5.88 Å². The molecule has 78 valence electrons. The number of aromatic amines is 1. The molecule has 0 saturated carbocycles. The van der Waals surface area contributed by atoms with E-state index in [0.29, 0.717) is 0 Å². The van der Waals surface area contributed by atoms with Gasteiger partial charge >= 0.3 is 11.4 Å². The van der Waals surface area contributed by atoms with E-state index >= 15 is 0 Å². The van der Waals surface area contributed by atoms with Crippen molar-refractivity contribution >= 4 is 11.8 Å². The highest BCUT2D eigenvalue weighted by Gasteiger charge is 2.09. The van der Waals surface area contributed by atoms with Crippen LogP contribution in [0, 0.1) is 0 Å². The number of hydrogen-bond donors (Lipinski definition) is 1. The fraction of sp³-hybridized carbons (Fsp3) is 0.125. The average molecular weight is 225 g/mol. The zero-order valence-corrected chi connectivity index (χ0v) is 8.58. The molecule has 15 heavy (non-hydrogen) atoms. The minimum absolute atomic E-state index is 0.154. The van der Waals surface area contributed by atoms with Crippen LogP contribution in [0.1, 0.15) is 0 Å². The normalized spacial score (nSPS) is 10.5. The lowest BCUT2D eigenvalue weighted by Crippen LogP contribution is -2.35. The average Bonchev–Trinajstić information content (AvgIpc) is 2.69. The fourth-order valence-corrected chi connectivity index (χ4v) is 1.45. The monoisotopic (exact) mass is 225 g/mol. The molecule has 2 rings (SSSR count). The first-order valence-corrected chi connectivity index (χ1v) is 5.26. The topological polar surface area (TPSA) is 80.9 Å². The van der Waals surface area contributed by atoms with Crippen LogP contribution in [0.3, 0.4) is 0 Å². The third-order valence-corrected chi connectivity index (χ3v) is 2.31. The van der Waals surface area contributed by atoms with Crippen molar-refractivity contribution in [1.82, 2.24) is 14.5 Å². The van der Waals surface area contributed by atoms with Gasteiger partial charge in [-0.05, 0) is 12.3 Å². The Labute approximate surface area is 88.0 Å². The summed E-state index contributed by atoms with van der Waals surface area (Å²) >= 11 is 1.19. The van der Waals surface area contributed by atoms with E-state index in [1.54, 1.807) is 12.3 Å². The van der Waals surface area contributed by atoms with Gasteiger partial charge in [-0.1, -0.05) is 11.8 Å². The Balaban J connectivity index is 2.69. The van der Waals surface area contributed by atoms with Crippen LogP contribution in [0.4, 0.5) is 0 Å². The van der Waals surface area contributed by atoms with E-state index in [-0.39, 0.29) is 11.0 Å². The molecule has 7 heteroatoms. The maximum atomic E-state index is 11.5. The first kappa shape index (κ1) is 9.78. The largest absolute Gasteiger partial charge is 0.448 e. The number of furan rings is 1. The van der Waals surface area contributed by atoms with Crippen molar-refractivity contribution in [2.45, 2.75) is 5.16 Å². The molecule has 0 aromatic carbocycles. The summed E-state index contributed by atoms with van der Waals surface area (Å²) in [5.41, 5.74) is -1.22. The molecule has 0 amide bonds. The van der Waals surface area contributed by atoms with Crippen molar-refractivity contribution in [1.29, 1.82) is 0 Å². The molecule has 2 heterocycles. The quantitative estimate of drug-likeness (QED) is 0.740. The maximum Gasteiger partial charge on any atom is 0.361 e. The van der Waals surface area contributed by atoms with Crippen LogP contribution in [0.15, 0.2) is 37.6 Å². The minimum atomic E-state index is -0.655. The molecule has 0 bridgehead atoms. The molecule has 0 atom stereocenters. The van der Waals surface area contributed by atoms with Crippen molar-refractivity contribution in [3.63, 3.8) is 0 Å². The smallest absolute Gasteiger partial charge is 0.361 e. The lowest BCUT2D eigenvalue weighted by atomic mass is 10.6. The summed E-state index contributed by atoms with van der Waals surface area (Å²) in [6.07, 6.45) is 3.10. The second-order valence-electron chi connectivity index (χ2n) is 2.62. The third-order valence-electron chi connectivity index (χ3n) is 1.73. The Morgan fingerprint density at radius 3 is 2.87 bits per heavy atom. The minimum Gasteiger partial charge on any atom is -0.448 e. The van der Waals surface area contributed by atoms with E-state index in [1.807, 2.05) is 0 Å². The van der Waals surface area contributed by atoms with E-state index in [9.17, 15) is 9.59 Å². The van der Waals surface area contributed by atoms with E-state index in [0.717, 1.165) is 4.57 Å². The van der Waals surface area contributed by atoms with Gasteiger partial charge < -0.3 is 4.42 Å². The number of rotatable bonds is 2. The Morgan fingerprint density at radius 2 is 2.33 bits per heavy atom. The molecular formula is C8H7N3O3S. The van der Waals surface area contributed by atoms with Gasteiger partial charge in [0.05, 0.1) is 6.26 Å². The van der Waals surface area contributed by atoms with E-state index < -0.39 is 11.4 Å². The van der Waals surface area contributed by atoms with Crippen LogP contribution < -0.4 is 11.4 Å². The van der Waals surface area contributed by atoms with Crippen molar-refractivity contribution in [3.05, 3.63) is 39.4 Å². The van der Waals surface area contributed by atoms with Crippen molar-refractivity contribution in [2.75, 3.05) is 6.26 Å². The second kappa shape index (κ2) is 3.77. The van der Waals surface area contributed by atoms with Gasteiger partial charge in [-0.15, -0.1) is 0 Å². The SMILES string of the molecule is CSc1nc(=O)n(-c2ccco2)c(=O)[nH]1. The zero-order valence-electron chi connectivity index (χ0n) is 7.76. The molecule has 0 aliphatic heterocycles. The van der Waals surface area contributed by atoms with Crippen molar-refractivity contribution in [2.24, 2.45) is 0 Å². The van der Waals surface area contributed by atoms with Crippen molar-refractivity contribution < 1.29 is 4.42 Å². The van der Waals surface area contributed by atoms with Crippen LogP contribution in [0.25, 0.3) is 5.88 Å². The molecule has 0 spiro atoms. The summed E-state index contributed by atoms with van der Waals surface area (Å²) < 4.78 is 5.78. The number of H-pyrrole nitrogens is 1. The van der Waals surface area contributed by atoms with Gasteiger partial charge in [-0.3, -0.25) is 4.98 Å². The van der Waals surface area contributed by atoms with Gasteiger partial charge in [0.15, 0.2) is 5.16 Å². The second-order valence-corrected chi connectivity index (χ2v) is 3.42. The van der Waals surface area contributed by atoms with Gasteiger partial charge in [-0.2, -0.15) is 9.55 Å². The molecule has 1 N–H and O–H groups in total. The molecule has 0 saturated heterocycles. The number of hydrogen-bond acceptors (Lipinski definition) is 5. The highest BCUT2D eigenvalue weighted by molar-refractivity contribution is 7.98. The lowest BCUT2D eigenvalue weighted by molar-refractivity contribution is 0.517. The fourth-order valence-electron chi connectivity index (χ4n) is 1.09. The van der Waals surface area contributed by atoms with E-state index in [1.165, 1.54) is 24.1 Å². The molecule has 0 aliphatic rings. The summed E-state index contributed by atoms with van der Waals surface area (Å²) in [5.74, 6) is 0.154. The molecule has 0 radical (unpaired) electrons. The third kappa shape index (κ3) is 1.73. The van der Waals surface area contributed by atoms with Gasteiger partial charge in [0, 0.05) is 6.07 Å². The Hall–Kier alpha value is -1.76. The Morgan fingerprint density at radius 1 is 1.53 bits per heavy atom. The Bertz CT molecular complexity index is 538. The summed E-state index contributed by atoms with van der Waals surface area (Å²) in [6, 6.07) is 3.10. The summed E-state index contributed by atoms with van der Waals surface area (Å²) in [6.45, 7) is 0. The van der Waals surface area contributed by atoms with E-state index in [2.05, 4.69) is 9.97 Å². The summed E-state index contributed by atoms with van der Waals surface area (Å²) in [7, 11) is 0. The van der Waals surface area contributed by atoms with E-state index in [4.69, 9.17) is 4.42 Å². The van der Waals surface area contributed by atoms with Gasteiger partial charge in [0.25, 0.3) is 0 Å². The molecule has 6 nitrogen and oxygen atoms in total. The number of thioether (sulfide) groups is 1. The summed E-state index contributed by atoms with van der Waals surface area (Å²) in [5, 5.41) is 0.285. The molecule has 2 aromatic rings. The number of aromatic nitrogens is 3. The molecule has 2 aromatic heterocycles. The lowest BCUT2D eigenvalue weighted by Gasteiger charge is -1.99. The van der Waals surface area contributed by atoms with Gasteiger partial charge in [0.2, 0.25) is 5.88 Å². The number of nitrogens with zero attached hydrogens (tertiary/aromatic N) is 2. The van der Waals surface area contributed by atoms with Crippen LogP contribution in [0.2, 0.25) is 0 Å². The molecule has 0 aliphatic carbocycles. The predicted molar refractivity (Wildman–Crippen MR) is 54.5 cm³/mol. The maximum absolute atomic E-state index is 11.5. The number of nitrogens with one attached hydrogen (secondary N) is 1. The first-order chi connectivity index (χ1) is 7.22. The molecule has 0 fully saturated rings. The highest BCUT2D eigenvalue weighted by atomic mass is 32.2. The standard InChI is InChI=1S/C8H7N3O3S/c1-15-6-9-7(12)11(8(13)10-6)5-3-2-4-14-5/h2-4H,1H3,(H,9,10,12,13). The van der Waals surface area contributed by atoms with Gasteiger partial charge in [-0.25, -0.2) is 9.59 Å². The molecule has 0 unspecified atom stereocenters. The predicted octanol–water partition coefficient (Wildman–Crippen LogP) is 0.236. The first-order valence-electron chi connectivity index (χ1n) is 4.03. The van der Waals surface area contributed by atoms with Crippen LogP contribution in [-0.2, 0) is 0 Å². The molecular weight excluding hydrogens is 218 g/mol. The van der Waals surface area contributed by atoms with Crippen LogP contribution >= 0.6 is 11.8 Å². The Kier molecular flexibility index (Phi) is 2.46.